The molecule has 5 heterocycles. The van der Waals surface area contributed by atoms with E-state index in [0.717, 1.165) is 47.7 Å². The Kier molecular flexibility index (Phi) is 6.45. The molecule has 2 N–H and O–H groups in total. The van der Waals surface area contributed by atoms with Crippen LogP contribution in [0.4, 0.5) is 17.3 Å². The van der Waals surface area contributed by atoms with Crippen molar-refractivity contribution in [2.45, 2.75) is 25.8 Å². The van der Waals surface area contributed by atoms with Crippen molar-refractivity contribution in [3.05, 3.63) is 79.5 Å². The van der Waals surface area contributed by atoms with E-state index in [1.165, 1.54) is 18.7 Å². The number of fused-ring (bicyclic) bond motifs is 2. The van der Waals surface area contributed by atoms with Gasteiger partial charge in [0.05, 0.1) is 5.52 Å². The van der Waals surface area contributed by atoms with Crippen LogP contribution in [0.25, 0.3) is 16.7 Å². The number of amides is 1. The molecule has 1 amide bonds. The first-order valence-electron chi connectivity index (χ1n) is 12.7. The van der Waals surface area contributed by atoms with Crippen LogP contribution in [-0.4, -0.2) is 54.6 Å². The smallest absolute Gasteiger partial charge is 0.243 e. The van der Waals surface area contributed by atoms with Crippen LogP contribution in [0.3, 0.4) is 0 Å². The number of pyridine rings is 2. The zero-order valence-electron chi connectivity index (χ0n) is 21.4. The van der Waals surface area contributed by atoms with Gasteiger partial charge in [0.1, 0.15) is 35.5 Å². The van der Waals surface area contributed by atoms with Crippen LogP contribution < -0.4 is 20.3 Å². The Balaban J connectivity index is 1.21. The van der Waals surface area contributed by atoms with E-state index < -0.39 is 0 Å². The van der Waals surface area contributed by atoms with Crippen molar-refractivity contribution < 1.29 is 9.53 Å². The molecule has 11 nitrogen and oxygen atoms in total. The summed E-state index contributed by atoms with van der Waals surface area (Å²) in [6, 6.07) is 13.5. The van der Waals surface area contributed by atoms with E-state index in [2.05, 4.69) is 42.2 Å². The molecule has 0 aliphatic carbocycles. The number of benzene rings is 1. The molecular weight excluding hydrogens is 494 g/mol. The van der Waals surface area contributed by atoms with Crippen LogP contribution >= 0.6 is 0 Å². The number of aryl methyl sites for hydroxylation is 1. The second-order valence-corrected chi connectivity index (χ2v) is 9.39. The maximum atomic E-state index is 11.8. The molecule has 1 saturated heterocycles. The number of piperidine rings is 1. The van der Waals surface area contributed by atoms with Gasteiger partial charge < -0.3 is 20.3 Å². The van der Waals surface area contributed by atoms with Gasteiger partial charge in [-0.25, -0.2) is 24.5 Å². The molecule has 6 rings (SSSR count). The van der Waals surface area contributed by atoms with Gasteiger partial charge in [0.25, 0.3) is 0 Å². The molecule has 196 valence electrons. The van der Waals surface area contributed by atoms with Gasteiger partial charge in [-0.15, -0.1) is 0 Å². The molecule has 39 heavy (non-hydrogen) atoms. The summed E-state index contributed by atoms with van der Waals surface area (Å²) in [5, 5.41) is 10.5. The summed E-state index contributed by atoms with van der Waals surface area (Å²) in [6.45, 7) is 7.08. The van der Waals surface area contributed by atoms with E-state index in [1.54, 1.807) is 4.52 Å². The van der Waals surface area contributed by atoms with Gasteiger partial charge in [0, 0.05) is 37.1 Å². The minimum Gasteiger partial charge on any atom is -0.457 e. The van der Waals surface area contributed by atoms with Crippen LogP contribution in [0.1, 0.15) is 18.4 Å². The predicted molar refractivity (Wildman–Crippen MR) is 148 cm³/mol. The molecule has 0 radical (unpaired) electrons. The molecule has 1 fully saturated rings. The Hall–Kier alpha value is -5.06. The number of rotatable bonds is 7. The number of anilines is 3. The normalized spacial score (nSPS) is 15.3. The average molecular weight is 522 g/mol. The Labute approximate surface area is 224 Å². The van der Waals surface area contributed by atoms with Gasteiger partial charge in [0.2, 0.25) is 5.91 Å². The zero-order chi connectivity index (χ0) is 26.8. The first-order valence-corrected chi connectivity index (χ1v) is 12.7. The Morgan fingerprint density at radius 3 is 2.92 bits per heavy atom. The molecule has 0 bridgehead atoms. The monoisotopic (exact) mass is 521 g/mol. The van der Waals surface area contributed by atoms with Gasteiger partial charge in [-0.3, -0.25) is 4.79 Å². The highest BCUT2D eigenvalue weighted by Crippen LogP contribution is 2.30. The van der Waals surface area contributed by atoms with E-state index in [1.807, 2.05) is 55.6 Å². The number of nitrogens with zero attached hydrogens (tertiary/aromatic N) is 7. The largest absolute Gasteiger partial charge is 0.457 e. The van der Waals surface area contributed by atoms with Crippen LogP contribution in [0.2, 0.25) is 0 Å². The van der Waals surface area contributed by atoms with Crippen molar-refractivity contribution in [2.24, 2.45) is 0 Å². The molecule has 1 atom stereocenters. The van der Waals surface area contributed by atoms with Crippen molar-refractivity contribution >= 4 is 39.9 Å². The molecular formula is C28H27N9O2. The number of nitrogens with one attached hydrogen (secondary N) is 2. The lowest BCUT2D eigenvalue weighted by Gasteiger charge is -2.33. The van der Waals surface area contributed by atoms with Gasteiger partial charge in [-0.05, 0) is 67.8 Å². The fourth-order valence-corrected chi connectivity index (χ4v) is 4.73. The van der Waals surface area contributed by atoms with Gasteiger partial charge >= 0.3 is 0 Å². The quantitative estimate of drug-likeness (QED) is 0.304. The molecule has 5 aromatic rings. The third-order valence-corrected chi connectivity index (χ3v) is 6.66. The summed E-state index contributed by atoms with van der Waals surface area (Å²) in [5.74, 6) is 2.70. The molecule has 11 heteroatoms. The third-order valence-electron chi connectivity index (χ3n) is 6.66. The van der Waals surface area contributed by atoms with Crippen LogP contribution in [0.5, 0.6) is 11.5 Å². The summed E-state index contributed by atoms with van der Waals surface area (Å²) in [7, 11) is 0. The summed E-state index contributed by atoms with van der Waals surface area (Å²) >= 11 is 0. The van der Waals surface area contributed by atoms with Crippen LogP contribution in [-0.2, 0) is 4.79 Å². The second kappa shape index (κ2) is 10.4. The van der Waals surface area contributed by atoms with Crippen molar-refractivity contribution in [2.75, 3.05) is 23.3 Å². The lowest BCUT2D eigenvalue weighted by atomic mass is 10.1. The van der Waals surface area contributed by atoms with E-state index >= 15 is 0 Å². The molecule has 1 aromatic carbocycles. The summed E-state index contributed by atoms with van der Waals surface area (Å²) in [5.41, 5.74) is 3.93. The Morgan fingerprint density at radius 2 is 2.05 bits per heavy atom. The lowest BCUT2D eigenvalue weighted by Crippen LogP contribution is -2.47. The number of carbonyl (C=O) groups excluding carboxylic acids is 1. The minimum atomic E-state index is -0.156. The summed E-state index contributed by atoms with van der Waals surface area (Å²) < 4.78 is 7.78. The minimum absolute atomic E-state index is 0.0494. The highest BCUT2D eigenvalue weighted by molar-refractivity contribution is 5.88. The number of hydrogen-bond acceptors (Lipinski definition) is 9. The van der Waals surface area contributed by atoms with E-state index in [9.17, 15) is 4.79 Å². The van der Waals surface area contributed by atoms with E-state index in [4.69, 9.17) is 9.72 Å². The summed E-state index contributed by atoms with van der Waals surface area (Å²) in [6.07, 6.45) is 8.03. The number of hydrogen-bond donors (Lipinski definition) is 2. The molecule has 1 aliphatic rings. The molecule has 0 unspecified atom stereocenters. The van der Waals surface area contributed by atoms with Crippen molar-refractivity contribution in [1.82, 2.24) is 34.9 Å². The highest BCUT2D eigenvalue weighted by atomic mass is 16.5. The number of ether oxygens (including phenoxy) is 1. The fraction of sp³-hybridized carbons (Fsp3) is 0.214. The maximum absolute atomic E-state index is 11.8. The molecule has 0 saturated carbocycles. The van der Waals surface area contributed by atoms with Gasteiger partial charge in [-0.2, -0.15) is 5.10 Å². The van der Waals surface area contributed by atoms with Crippen LogP contribution in [0.15, 0.2) is 74.0 Å². The Bertz CT molecular complexity index is 1680. The lowest BCUT2D eigenvalue weighted by molar-refractivity contribution is -0.117. The molecule has 4 aromatic heterocycles. The topological polar surface area (TPSA) is 122 Å². The molecule has 0 spiro atoms. The number of carbonyl (C=O) groups is 1. The van der Waals surface area contributed by atoms with Crippen molar-refractivity contribution in [3.63, 3.8) is 0 Å². The van der Waals surface area contributed by atoms with Crippen LogP contribution in [0, 0.1) is 6.92 Å². The van der Waals surface area contributed by atoms with Gasteiger partial charge in [-0.1, -0.05) is 6.58 Å². The predicted octanol–water partition coefficient (Wildman–Crippen LogP) is 4.18. The van der Waals surface area contributed by atoms with E-state index in [-0.39, 0.29) is 11.9 Å². The van der Waals surface area contributed by atoms with Crippen molar-refractivity contribution in [3.8, 4) is 11.5 Å². The fourth-order valence-electron chi connectivity index (χ4n) is 4.73. The Morgan fingerprint density at radius 1 is 1.13 bits per heavy atom. The SMILES string of the molecule is C=CC(=O)N[C@@H]1CCCN(c2ccc3ncnc(Nc4ccc(Oc5ccn6ncnc6c5)c(C)c4)c3n2)C1. The van der Waals surface area contributed by atoms with E-state index in [0.29, 0.717) is 29.3 Å². The highest BCUT2D eigenvalue weighted by Gasteiger charge is 2.22. The third kappa shape index (κ3) is 5.19. The maximum Gasteiger partial charge on any atom is 0.243 e. The average Bonchev–Trinajstić information content (AvgIpc) is 3.43. The first-order chi connectivity index (χ1) is 19.1. The second-order valence-electron chi connectivity index (χ2n) is 9.39. The first kappa shape index (κ1) is 24.3. The zero-order valence-corrected chi connectivity index (χ0v) is 21.4. The standard InChI is InChI=1S/C28H27N9O2/c1-3-26(38)33-20-5-4-11-36(15-20)24-9-7-22-27(35-24)28(31-16-29-22)34-19-6-8-23(18(2)13-19)39-21-10-12-37-25(14-21)30-17-32-37/h3,6-10,12-14,16-17,20H,1,4-5,11,15H2,2H3,(H,33,38)(H,29,31,34)/t20-/m1/s1. The van der Waals surface area contributed by atoms with Crippen molar-refractivity contribution in [1.29, 1.82) is 0 Å². The summed E-state index contributed by atoms with van der Waals surface area (Å²) in [4.78, 5) is 32.0. The number of aromatic nitrogens is 6. The van der Waals surface area contributed by atoms with Gasteiger partial charge in [0.15, 0.2) is 11.5 Å². The molecule has 1 aliphatic heterocycles.